The second kappa shape index (κ2) is 11.0. The normalized spacial score (nSPS) is 17.5. The highest BCUT2D eigenvalue weighted by Crippen LogP contribution is 2.33. The largest absolute Gasteiger partial charge is 0.478 e. The van der Waals surface area contributed by atoms with E-state index < -0.39 is 11.6 Å². The third kappa shape index (κ3) is 6.19. The number of aromatic nitrogens is 2. The summed E-state index contributed by atoms with van der Waals surface area (Å²) in [6.07, 6.45) is 7.62. The molecule has 1 aliphatic heterocycles. The topological polar surface area (TPSA) is 111 Å². The van der Waals surface area contributed by atoms with Crippen LogP contribution < -0.4 is 15.0 Å². The Kier molecular flexibility index (Phi) is 7.50. The van der Waals surface area contributed by atoms with Gasteiger partial charge in [0.2, 0.25) is 0 Å². The molecule has 3 N–H and O–H groups in total. The van der Waals surface area contributed by atoms with Crippen LogP contribution in [-0.2, 0) is 11.3 Å². The van der Waals surface area contributed by atoms with Crippen molar-refractivity contribution in [3.8, 4) is 16.9 Å². The summed E-state index contributed by atoms with van der Waals surface area (Å²) in [5, 5.41) is 19.6. The van der Waals surface area contributed by atoms with E-state index in [1.807, 2.05) is 36.2 Å². The molecule has 1 saturated carbocycles. The van der Waals surface area contributed by atoms with Gasteiger partial charge in [-0.1, -0.05) is 30.3 Å². The number of ether oxygens (including phenoxy) is 1. The number of aliphatic carboxylic acids is 1. The van der Waals surface area contributed by atoms with Crippen LogP contribution in [0.1, 0.15) is 50.7 Å². The first-order chi connectivity index (χ1) is 18.7. The van der Waals surface area contributed by atoms with Crippen molar-refractivity contribution in [2.24, 2.45) is 0 Å². The number of hydrogen-bond donors (Lipinski definition) is 3. The van der Waals surface area contributed by atoms with Gasteiger partial charge in [-0.05, 0) is 69.7 Å². The molecule has 2 fully saturated rings. The molecule has 3 aromatic rings. The third-order valence-electron chi connectivity index (χ3n) is 7.61. The molecule has 9 heteroatoms. The van der Waals surface area contributed by atoms with Crippen molar-refractivity contribution in [1.29, 1.82) is 0 Å². The Balaban J connectivity index is 1.23. The fourth-order valence-electron chi connectivity index (χ4n) is 5.11. The average Bonchev–Trinajstić information content (AvgIpc) is 3.61. The lowest BCUT2D eigenvalue weighted by Gasteiger charge is -2.37. The molecule has 0 unspecified atom stereocenters. The Morgan fingerprint density at radius 1 is 1.15 bits per heavy atom. The zero-order valence-electron chi connectivity index (χ0n) is 22.8. The molecule has 1 aliphatic carbocycles. The maximum Gasteiger partial charge on any atom is 0.347 e. The molecule has 1 atom stereocenters. The van der Waals surface area contributed by atoms with E-state index in [1.165, 1.54) is 0 Å². The van der Waals surface area contributed by atoms with Crippen molar-refractivity contribution in [2.45, 2.75) is 70.7 Å². The van der Waals surface area contributed by atoms with Crippen LogP contribution in [0.15, 0.2) is 54.9 Å². The van der Waals surface area contributed by atoms with E-state index in [-0.39, 0.29) is 18.1 Å². The number of H-pyrrole nitrogens is 1. The number of hydrogen-bond acceptors (Lipinski definition) is 5. The fourth-order valence-corrected chi connectivity index (χ4v) is 5.11. The minimum absolute atomic E-state index is 0.0136. The Bertz CT molecular complexity index is 1300. The second-order valence-electron chi connectivity index (χ2n) is 11.1. The SMILES string of the molecule is Cc1c(OC(C)(C)C(=O)O)cccc1N1CCC[C@@H](NC(=O)N(Cc2ccc(-c3cn[nH]c3)cc2)C2CC2)C1. The highest BCUT2D eigenvalue weighted by Gasteiger charge is 2.34. The number of anilines is 1. The van der Waals surface area contributed by atoms with Crippen LogP contribution in [0.25, 0.3) is 11.1 Å². The zero-order chi connectivity index (χ0) is 27.6. The second-order valence-corrected chi connectivity index (χ2v) is 11.1. The zero-order valence-corrected chi connectivity index (χ0v) is 22.8. The molecule has 2 heterocycles. The number of carbonyl (C=O) groups excluding carboxylic acids is 1. The molecular formula is C30H37N5O4. The van der Waals surface area contributed by atoms with Gasteiger partial charge in [0.1, 0.15) is 5.75 Å². The molecule has 9 nitrogen and oxygen atoms in total. The molecule has 1 saturated heterocycles. The molecular weight excluding hydrogens is 494 g/mol. The van der Waals surface area contributed by atoms with Gasteiger partial charge in [-0.25, -0.2) is 9.59 Å². The number of aromatic amines is 1. The molecule has 0 bridgehead atoms. The van der Waals surface area contributed by atoms with Crippen LogP contribution >= 0.6 is 0 Å². The quantitative estimate of drug-likeness (QED) is 0.360. The molecule has 1 aromatic heterocycles. The first kappa shape index (κ1) is 26.6. The van der Waals surface area contributed by atoms with Crippen LogP contribution in [0, 0.1) is 6.92 Å². The Labute approximate surface area is 229 Å². The molecule has 5 rings (SSSR count). The number of nitrogens with zero attached hydrogens (tertiary/aromatic N) is 3. The van der Waals surface area contributed by atoms with Crippen LogP contribution in [-0.4, -0.2) is 63.0 Å². The van der Waals surface area contributed by atoms with Crippen LogP contribution in [0.3, 0.4) is 0 Å². The lowest BCUT2D eigenvalue weighted by atomic mass is 10.0. The van der Waals surface area contributed by atoms with E-state index in [4.69, 9.17) is 4.74 Å². The van der Waals surface area contributed by atoms with Crippen LogP contribution in [0.5, 0.6) is 5.75 Å². The van der Waals surface area contributed by atoms with Gasteiger partial charge >= 0.3 is 12.0 Å². The van der Waals surface area contributed by atoms with Gasteiger partial charge in [-0.15, -0.1) is 0 Å². The first-order valence-corrected chi connectivity index (χ1v) is 13.6. The van der Waals surface area contributed by atoms with E-state index in [0.717, 1.165) is 60.2 Å². The molecule has 0 radical (unpaired) electrons. The maximum atomic E-state index is 13.4. The fraction of sp³-hybridized carbons (Fsp3) is 0.433. The van der Waals surface area contributed by atoms with Crippen molar-refractivity contribution < 1.29 is 19.4 Å². The lowest BCUT2D eigenvalue weighted by molar-refractivity contribution is -0.152. The van der Waals surface area contributed by atoms with Crippen molar-refractivity contribution in [1.82, 2.24) is 20.4 Å². The number of urea groups is 1. The minimum Gasteiger partial charge on any atom is -0.478 e. The third-order valence-corrected chi connectivity index (χ3v) is 7.61. The Morgan fingerprint density at radius 2 is 1.92 bits per heavy atom. The van der Waals surface area contributed by atoms with E-state index in [0.29, 0.717) is 18.8 Å². The van der Waals surface area contributed by atoms with E-state index in [1.54, 1.807) is 20.0 Å². The molecule has 2 amide bonds. The summed E-state index contributed by atoms with van der Waals surface area (Å²) < 4.78 is 5.86. The van der Waals surface area contributed by atoms with Gasteiger partial charge in [0.15, 0.2) is 5.60 Å². The highest BCUT2D eigenvalue weighted by atomic mass is 16.5. The number of carbonyl (C=O) groups is 2. The smallest absolute Gasteiger partial charge is 0.347 e. The lowest BCUT2D eigenvalue weighted by Crippen LogP contribution is -2.52. The highest BCUT2D eigenvalue weighted by molar-refractivity contribution is 5.77. The number of carboxylic acid groups (broad SMARTS) is 1. The number of amides is 2. The van der Waals surface area contributed by atoms with Crippen LogP contribution in [0.4, 0.5) is 10.5 Å². The number of rotatable bonds is 9. The number of carboxylic acids is 1. The van der Waals surface area contributed by atoms with Crippen molar-refractivity contribution >= 4 is 17.7 Å². The van der Waals surface area contributed by atoms with Gasteiger partial charge in [0, 0.05) is 54.7 Å². The Morgan fingerprint density at radius 3 is 2.59 bits per heavy atom. The number of piperidine rings is 1. The molecule has 0 spiro atoms. The van der Waals surface area contributed by atoms with E-state index >= 15 is 0 Å². The predicted octanol–water partition coefficient (Wildman–Crippen LogP) is 4.97. The summed E-state index contributed by atoms with van der Waals surface area (Å²) in [6.45, 7) is 7.19. The van der Waals surface area contributed by atoms with E-state index in [9.17, 15) is 14.7 Å². The summed E-state index contributed by atoms with van der Waals surface area (Å²) in [7, 11) is 0. The summed E-state index contributed by atoms with van der Waals surface area (Å²) in [4.78, 5) is 29.3. The molecule has 2 aliphatic rings. The van der Waals surface area contributed by atoms with Gasteiger partial charge in [0.05, 0.1) is 6.20 Å². The molecule has 2 aromatic carbocycles. The molecule has 206 valence electrons. The monoisotopic (exact) mass is 531 g/mol. The standard InChI is InChI=1S/C30H37N5O4/c1-20-26(7-4-8-27(20)39-30(2,3)28(36)37)34-15-5-6-24(19-34)33-29(38)35(25-13-14-25)18-21-9-11-22(12-10-21)23-16-31-32-17-23/h4,7-12,16-17,24-25H,5-6,13-15,18-19H2,1-3H3,(H,31,32)(H,33,38)(H,36,37)/t24-/m1/s1. The summed E-state index contributed by atoms with van der Waals surface area (Å²) in [5.41, 5.74) is 3.81. The maximum absolute atomic E-state index is 13.4. The number of benzene rings is 2. The summed E-state index contributed by atoms with van der Waals surface area (Å²) in [5.74, 6) is -0.452. The van der Waals surface area contributed by atoms with Gasteiger partial charge in [0.25, 0.3) is 0 Å². The van der Waals surface area contributed by atoms with Crippen molar-refractivity contribution in [3.63, 3.8) is 0 Å². The molecule has 39 heavy (non-hydrogen) atoms. The number of nitrogens with one attached hydrogen (secondary N) is 2. The van der Waals surface area contributed by atoms with Gasteiger partial charge < -0.3 is 25.0 Å². The van der Waals surface area contributed by atoms with Gasteiger partial charge in [-0.3, -0.25) is 5.10 Å². The average molecular weight is 532 g/mol. The van der Waals surface area contributed by atoms with Gasteiger partial charge in [-0.2, -0.15) is 5.10 Å². The summed E-state index contributed by atoms with van der Waals surface area (Å²) in [6, 6.07) is 14.3. The first-order valence-electron chi connectivity index (χ1n) is 13.6. The Hall–Kier alpha value is -4.01. The predicted molar refractivity (Wildman–Crippen MR) is 150 cm³/mol. The summed E-state index contributed by atoms with van der Waals surface area (Å²) >= 11 is 0. The van der Waals surface area contributed by atoms with Crippen molar-refractivity contribution in [2.75, 3.05) is 18.0 Å². The van der Waals surface area contributed by atoms with Crippen LogP contribution in [0.2, 0.25) is 0 Å². The minimum atomic E-state index is -1.33. The van der Waals surface area contributed by atoms with Crippen molar-refractivity contribution in [3.05, 3.63) is 66.0 Å². The van der Waals surface area contributed by atoms with E-state index in [2.05, 4.69) is 44.7 Å².